The molecule has 0 heterocycles. The highest BCUT2D eigenvalue weighted by molar-refractivity contribution is 4.54. The van der Waals surface area contributed by atoms with Gasteiger partial charge in [-0.25, -0.2) is 0 Å². The lowest BCUT2D eigenvalue weighted by molar-refractivity contribution is -0.0399. The third-order valence-corrected chi connectivity index (χ3v) is 2.04. The van der Waals surface area contributed by atoms with Crippen LogP contribution in [0.5, 0.6) is 0 Å². The smallest absolute Gasteiger partial charge is 0.101 e. The second-order valence-corrected chi connectivity index (χ2v) is 3.68. The van der Waals surface area contributed by atoms with Gasteiger partial charge in [0.1, 0.15) is 6.10 Å². The predicted octanol–water partition coefficient (Wildman–Crippen LogP) is 0.951. The van der Waals surface area contributed by atoms with Crippen molar-refractivity contribution in [2.45, 2.75) is 45.3 Å². The monoisotopic (exact) mass is 220 g/mol. The second-order valence-electron chi connectivity index (χ2n) is 3.68. The highest BCUT2D eigenvalue weighted by Gasteiger charge is 2.06. The highest BCUT2D eigenvalue weighted by atomic mass is 16.5. The molecule has 0 aliphatic carbocycles. The average Bonchev–Trinajstić information content (AvgIpc) is 2.24. The van der Waals surface area contributed by atoms with Gasteiger partial charge in [-0.2, -0.15) is 0 Å². The molecule has 0 aromatic carbocycles. The molecule has 0 saturated heterocycles. The third kappa shape index (κ3) is 10.1. The van der Waals surface area contributed by atoms with E-state index in [0.29, 0.717) is 19.6 Å². The summed E-state index contributed by atoms with van der Waals surface area (Å²) >= 11 is 0. The van der Waals surface area contributed by atoms with Crippen LogP contribution in [-0.4, -0.2) is 48.8 Å². The molecule has 92 valence electrons. The molecule has 0 amide bonds. The van der Waals surface area contributed by atoms with Crippen molar-refractivity contribution in [1.29, 1.82) is 0 Å². The van der Waals surface area contributed by atoms with E-state index in [-0.39, 0.29) is 13.2 Å². The molecule has 4 heteroatoms. The lowest BCUT2D eigenvalue weighted by atomic mass is 10.3. The van der Waals surface area contributed by atoms with E-state index in [9.17, 15) is 10.2 Å². The molecule has 15 heavy (non-hydrogen) atoms. The Labute approximate surface area is 92.2 Å². The number of hydrogen-bond acceptors (Lipinski definition) is 4. The predicted molar refractivity (Wildman–Crippen MR) is 58.9 cm³/mol. The van der Waals surface area contributed by atoms with Crippen LogP contribution in [0.1, 0.15) is 33.1 Å². The molecule has 0 saturated carbocycles. The van der Waals surface area contributed by atoms with Crippen LogP contribution in [0.2, 0.25) is 0 Å². The fraction of sp³-hybridized carbons (Fsp3) is 1.00. The lowest BCUT2D eigenvalue weighted by Crippen LogP contribution is -2.25. The van der Waals surface area contributed by atoms with Crippen molar-refractivity contribution in [3.05, 3.63) is 0 Å². The quantitative estimate of drug-likeness (QED) is 0.538. The summed E-state index contributed by atoms with van der Waals surface area (Å²) in [6, 6.07) is 0. The van der Waals surface area contributed by atoms with Crippen LogP contribution < -0.4 is 0 Å². The van der Waals surface area contributed by atoms with E-state index in [2.05, 4.69) is 6.92 Å². The second kappa shape index (κ2) is 10.4. The molecule has 0 fully saturated rings. The van der Waals surface area contributed by atoms with Crippen LogP contribution in [0.4, 0.5) is 0 Å². The largest absolute Gasteiger partial charge is 0.391 e. The van der Waals surface area contributed by atoms with Crippen molar-refractivity contribution < 1.29 is 19.7 Å². The lowest BCUT2D eigenvalue weighted by Gasteiger charge is -2.13. The van der Waals surface area contributed by atoms with E-state index < -0.39 is 12.2 Å². The molecular weight excluding hydrogens is 196 g/mol. The molecule has 2 N–H and O–H groups in total. The summed E-state index contributed by atoms with van der Waals surface area (Å²) in [5.74, 6) is 0. The molecule has 0 radical (unpaired) electrons. The summed E-state index contributed by atoms with van der Waals surface area (Å²) in [7, 11) is 0. The molecule has 4 nitrogen and oxygen atoms in total. The fourth-order valence-corrected chi connectivity index (χ4v) is 0.972. The van der Waals surface area contributed by atoms with Crippen LogP contribution in [0, 0.1) is 0 Å². The van der Waals surface area contributed by atoms with Crippen molar-refractivity contribution in [3.63, 3.8) is 0 Å². The maximum Gasteiger partial charge on any atom is 0.101 e. The molecule has 0 aromatic heterocycles. The molecule has 0 rings (SSSR count). The first kappa shape index (κ1) is 14.8. The summed E-state index contributed by atoms with van der Waals surface area (Å²) in [4.78, 5) is 0. The molecular formula is C11H24O4. The summed E-state index contributed by atoms with van der Waals surface area (Å²) in [5, 5.41) is 18.6. The zero-order chi connectivity index (χ0) is 11.5. The van der Waals surface area contributed by atoms with E-state index in [4.69, 9.17) is 9.47 Å². The SMILES string of the molecule is CCCCOCC(O)COCC(O)CC. The third-order valence-electron chi connectivity index (χ3n) is 2.04. The van der Waals surface area contributed by atoms with Gasteiger partial charge in [0.2, 0.25) is 0 Å². The maximum atomic E-state index is 9.40. The van der Waals surface area contributed by atoms with Crippen LogP contribution in [0.15, 0.2) is 0 Å². The molecule has 0 spiro atoms. The van der Waals surface area contributed by atoms with Crippen molar-refractivity contribution in [2.24, 2.45) is 0 Å². The van der Waals surface area contributed by atoms with Crippen molar-refractivity contribution >= 4 is 0 Å². The number of rotatable bonds is 10. The van der Waals surface area contributed by atoms with Gasteiger partial charge < -0.3 is 19.7 Å². The van der Waals surface area contributed by atoms with Crippen LogP contribution in [-0.2, 0) is 9.47 Å². The number of aliphatic hydroxyl groups is 2. The number of ether oxygens (including phenoxy) is 2. The van der Waals surface area contributed by atoms with Gasteiger partial charge >= 0.3 is 0 Å². The van der Waals surface area contributed by atoms with Gasteiger partial charge in [-0.3, -0.25) is 0 Å². The van der Waals surface area contributed by atoms with Gasteiger partial charge in [0.15, 0.2) is 0 Å². The van der Waals surface area contributed by atoms with E-state index >= 15 is 0 Å². The average molecular weight is 220 g/mol. The summed E-state index contributed by atoms with van der Waals surface area (Å²) in [5.41, 5.74) is 0. The summed E-state index contributed by atoms with van der Waals surface area (Å²) in [6.07, 6.45) is 1.75. The normalized spacial score (nSPS) is 15.2. The minimum atomic E-state index is -0.592. The van der Waals surface area contributed by atoms with Gasteiger partial charge in [-0.1, -0.05) is 20.3 Å². The molecule has 2 atom stereocenters. The first-order valence-corrected chi connectivity index (χ1v) is 5.72. The first-order valence-electron chi connectivity index (χ1n) is 5.72. The van der Waals surface area contributed by atoms with E-state index in [1.54, 1.807) is 0 Å². The molecule has 0 aromatic rings. The number of hydrogen-bond donors (Lipinski definition) is 2. The number of unbranched alkanes of at least 4 members (excludes halogenated alkanes) is 1. The van der Waals surface area contributed by atoms with Gasteiger partial charge in [0.25, 0.3) is 0 Å². The van der Waals surface area contributed by atoms with E-state index in [0.717, 1.165) is 12.8 Å². The Morgan fingerprint density at radius 2 is 1.53 bits per heavy atom. The van der Waals surface area contributed by atoms with Gasteiger partial charge in [-0.05, 0) is 12.8 Å². The van der Waals surface area contributed by atoms with Gasteiger partial charge in [0.05, 0.1) is 25.9 Å². The Bertz CT molecular complexity index is 130. The molecule has 0 aliphatic heterocycles. The standard InChI is InChI=1S/C11H24O4/c1-3-5-6-14-8-11(13)9-15-7-10(12)4-2/h10-13H,3-9H2,1-2H3. The highest BCUT2D eigenvalue weighted by Crippen LogP contribution is 1.94. The number of aliphatic hydroxyl groups excluding tert-OH is 2. The summed E-state index contributed by atoms with van der Waals surface area (Å²) < 4.78 is 10.4. The molecule has 0 aliphatic rings. The zero-order valence-corrected chi connectivity index (χ0v) is 9.82. The zero-order valence-electron chi connectivity index (χ0n) is 9.82. The van der Waals surface area contributed by atoms with E-state index in [1.165, 1.54) is 0 Å². The van der Waals surface area contributed by atoms with Crippen LogP contribution >= 0.6 is 0 Å². The van der Waals surface area contributed by atoms with Crippen molar-refractivity contribution in [1.82, 2.24) is 0 Å². The van der Waals surface area contributed by atoms with E-state index in [1.807, 2.05) is 6.92 Å². The first-order chi connectivity index (χ1) is 7.20. The Morgan fingerprint density at radius 1 is 0.933 bits per heavy atom. The van der Waals surface area contributed by atoms with Crippen LogP contribution in [0.3, 0.4) is 0 Å². The van der Waals surface area contributed by atoms with Crippen LogP contribution in [0.25, 0.3) is 0 Å². The van der Waals surface area contributed by atoms with Gasteiger partial charge in [0, 0.05) is 6.61 Å². The minimum absolute atomic E-state index is 0.225. The van der Waals surface area contributed by atoms with Crippen molar-refractivity contribution in [2.75, 3.05) is 26.4 Å². The minimum Gasteiger partial charge on any atom is -0.391 e. The Kier molecular flexibility index (Phi) is 10.3. The summed E-state index contributed by atoms with van der Waals surface area (Å²) in [6.45, 7) is 5.48. The Balaban J connectivity index is 3.21. The Morgan fingerprint density at radius 3 is 2.13 bits per heavy atom. The van der Waals surface area contributed by atoms with Crippen molar-refractivity contribution in [3.8, 4) is 0 Å². The van der Waals surface area contributed by atoms with Gasteiger partial charge in [-0.15, -0.1) is 0 Å². The Hall–Kier alpha value is -0.160. The molecule has 2 unspecified atom stereocenters. The topological polar surface area (TPSA) is 58.9 Å². The molecule has 0 bridgehead atoms. The fourth-order valence-electron chi connectivity index (χ4n) is 0.972. The maximum absolute atomic E-state index is 9.40.